The second-order valence-corrected chi connectivity index (χ2v) is 11.5. The number of hydrogen-bond acceptors (Lipinski definition) is 14. The summed E-state index contributed by atoms with van der Waals surface area (Å²) in [5, 5.41) is 16.4. The lowest BCUT2D eigenvalue weighted by atomic mass is 10.6. The number of thioether (sulfide) groups is 2. The van der Waals surface area contributed by atoms with Crippen molar-refractivity contribution in [1.29, 1.82) is 0 Å². The van der Waals surface area contributed by atoms with Crippen LogP contribution in [0.5, 0.6) is 0 Å². The highest BCUT2D eigenvalue weighted by molar-refractivity contribution is 8.77. The first-order chi connectivity index (χ1) is 13.6. The van der Waals surface area contributed by atoms with Crippen LogP contribution >= 0.6 is 67.8 Å². The molecule has 0 amide bonds. The molecule has 0 saturated carbocycles. The fraction of sp³-hybridized carbons (Fsp3) is 0.286. The molecule has 0 aromatic carbocycles. The summed E-state index contributed by atoms with van der Waals surface area (Å²) in [6.07, 6.45) is 2.27. The van der Waals surface area contributed by atoms with Gasteiger partial charge in [0.05, 0.1) is 0 Å². The van der Waals surface area contributed by atoms with Crippen molar-refractivity contribution in [3.63, 3.8) is 0 Å². The first-order valence-corrected chi connectivity index (χ1v) is 13.2. The largest absolute Gasteiger partial charge is 0.462 e. The molecule has 0 radical (unpaired) electrons. The van der Waals surface area contributed by atoms with E-state index in [4.69, 9.17) is 9.47 Å². The number of rotatable bonds is 13. The van der Waals surface area contributed by atoms with Gasteiger partial charge >= 0.3 is 11.9 Å². The Bertz CT molecular complexity index is 745. The lowest BCUT2D eigenvalue weighted by molar-refractivity contribution is -0.138. The van der Waals surface area contributed by atoms with Crippen LogP contribution in [0.3, 0.4) is 0 Å². The third-order valence-electron chi connectivity index (χ3n) is 2.40. The lowest BCUT2D eigenvalue weighted by Gasteiger charge is -1.98. The van der Waals surface area contributed by atoms with Gasteiger partial charge in [-0.15, -0.1) is 20.4 Å². The molecule has 0 N–H and O–H groups in total. The second kappa shape index (κ2) is 13.2. The van der Waals surface area contributed by atoms with Crippen molar-refractivity contribution < 1.29 is 19.1 Å². The third-order valence-corrected chi connectivity index (χ3v) is 9.39. The van der Waals surface area contributed by atoms with Crippen molar-refractivity contribution >= 4 is 79.7 Å². The van der Waals surface area contributed by atoms with Gasteiger partial charge in [-0.3, -0.25) is 0 Å². The molecule has 28 heavy (non-hydrogen) atoms. The smallest absolute Gasteiger partial charge is 0.330 e. The SMILES string of the molecule is C=CC(=O)OCCSc1nnc(SSc2nnc(SCCOC(=O)C=C)s2)s1. The van der Waals surface area contributed by atoms with E-state index in [0.29, 0.717) is 24.7 Å². The fourth-order valence-electron chi connectivity index (χ4n) is 1.31. The Hall–Kier alpha value is -1.06. The van der Waals surface area contributed by atoms with E-state index in [2.05, 4.69) is 33.6 Å². The minimum absolute atomic E-state index is 0.296. The average Bonchev–Trinajstić information content (AvgIpc) is 3.35. The van der Waals surface area contributed by atoms with Crippen molar-refractivity contribution in [2.75, 3.05) is 24.7 Å². The van der Waals surface area contributed by atoms with Gasteiger partial charge < -0.3 is 9.47 Å². The first-order valence-electron chi connectivity index (χ1n) is 7.46. The third kappa shape index (κ3) is 8.96. The van der Waals surface area contributed by atoms with E-state index in [1.165, 1.54) is 67.8 Å². The monoisotopic (exact) mass is 494 g/mol. The van der Waals surface area contributed by atoms with E-state index in [-0.39, 0.29) is 0 Å². The van der Waals surface area contributed by atoms with Crippen molar-refractivity contribution in [2.24, 2.45) is 0 Å². The van der Waals surface area contributed by atoms with Crippen LogP contribution in [-0.4, -0.2) is 57.1 Å². The minimum Gasteiger partial charge on any atom is -0.462 e. The topological polar surface area (TPSA) is 104 Å². The van der Waals surface area contributed by atoms with Crippen molar-refractivity contribution in [2.45, 2.75) is 17.4 Å². The molecule has 0 unspecified atom stereocenters. The molecular weight excluding hydrogens is 481 g/mol. The summed E-state index contributed by atoms with van der Waals surface area (Å²) >= 11 is 5.87. The summed E-state index contributed by atoms with van der Waals surface area (Å²) in [6, 6.07) is 0. The molecule has 14 heteroatoms. The number of ether oxygens (including phenoxy) is 2. The molecule has 0 aliphatic heterocycles. The average molecular weight is 495 g/mol. The highest BCUT2D eigenvalue weighted by Crippen LogP contribution is 2.42. The zero-order chi connectivity index (χ0) is 20.2. The molecule has 0 atom stereocenters. The number of nitrogens with zero attached hydrogens (tertiary/aromatic N) is 4. The summed E-state index contributed by atoms with van der Waals surface area (Å²) in [4.78, 5) is 21.9. The van der Waals surface area contributed by atoms with Gasteiger partial charge in [-0.2, -0.15) is 0 Å². The molecule has 2 rings (SSSR count). The first kappa shape index (κ1) is 23.2. The van der Waals surface area contributed by atoms with Crippen molar-refractivity contribution in [1.82, 2.24) is 20.4 Å². The Morgan fingerprint density at radius 1 is 0.786 bits per heavy atom. The molecule has 0 fully saturated rings. The van der Waals surface area contributed by atoms with Gasteiger partial charge in [0, 0.05) is 23.7 Å². The Kier molecular flexibility index (Phi) is 11.0. The number of hydrogen-bond donors (Lipinski definition) is 0. The van der Waals surface area contributed by atoms with Gasteiger partial charge in [0.1, 0.15) is 13.2 Å². The summed E-state index contributed by atoms with van der Waals surface area (Å²) in [6.45, 7) is 7.27. The van der Waals surface area contributed by atoms with Crippen LogP contribution in [0.4, 0.5) is 0 Å². The van der Waals surface area contributed by atoms with Gasteiger partial charge in [0.15, 0.2) is 17.4 Å². The fourth-order valence-corrected chi connectivity index (χ4v) is 7.47. The number of carbonyl (C=O) groups excluding carboxylic acids is 2. The maximum absolute atomic E-state index is 10.9. The second-order valence-electron chi connectivity index (χ2n) is 4.27. The predicted molar refractivity (Wildman–Crippen MR) is 115 cm³/mol. The van der Waals surface area contributed by atoms with Gasteiger partial charge in [-0.1, -0.05) is 59.4 Å². The predicted octanol–water partition coefficient (Wildman–Crippen LogP) is 3.83. The molecule has 8 nitrogen and oxygen atoms in total. The summed E-state index contributed by atoms with van der Waals surface area (Å²) in [7, 11) is 2.92. The number of aromatic nitrogens is 4. The van der Waals surface area contributed by atoms with Crippen LogP contribution in [0.2, 0.25) is 0 Å². The zero-order valence-electron chi connectivity index (χ0n) is 14.3. The van der Waals surface area contributed by atoms with E-state index >= 15 is 0 Å². The van der Waals surface area contributed by atoms with Crippen LogP contribution in [0.25, 0.3) is 0 Å². The highest BCUT2D eigenvalue weighted by atomic mass is 33.1. The summed E-state index contributed by atoms with van der Waals surface area (Å²) < 4.78 is 13.0. The van der Waals surface area contributed by atoms with Gasteiger partial charge in [-0.25, -0.2) is 9.59 Å². The van der Waals surface area contributed by atoms with Crippen molar-refractivity contribution in [3.8, 4) is 0 Å². The Labute approximate surface area is 185 Å². The zero-order valence-corrected chi connectivity index (χ0v) is 19.2. The molecule has 0 bridgehead atoms. The summed E-state index contributed by atoms with van der Waals surface area (Å²) in [5.41, 5.74) is 0. The van der Waals surface area contributed by atoms with Gasteiger partial charge in [-0.05, 0) is 21.6 Å². The standard InChI is InChI=1S/C14H14N4O4S6/c1-3-9(19)21-5-7-23-11-15-17-13(25-11)27-28-14-18-16-12(26-14)24-8-6-22-10(20)4-2/h3-4H,1-2,5-8H2. The molecule has 0 spiro atoms. The van der Waals surface area contributed by atoms with Crippen molar-refractivity contribution in [3.05, 3.63) is 25.3 Å². The Balaban J connectivity index is 1.66. The van der Waals surface area contributed by atoms with E-state index in [1.54, 1.807) is 0 Å². The van der Waals surface area contributed by atoms with Gasteiger partial charge in [0.25, 0.3) is 0 Å². The molecule has 2 heterocycles. The molecular formula is C14H14N4O4S6. The van der Waals surface area contributed by atoms with E-state index in [9.17, 15) is 9.59 Å². The van der Waals surface area contributed by atoms with Gasteiger partial charge in [0.2, 0.25) is 0 Å². The van der Waals surface area contributed by atoms with Crippen LogP contribution in [0, 0.1) is 0 Å². The van der Waals surface area contributed by atoms with E-state index in [0.717, 1.165) is 29.5 Å². The van der Waals surface area contributed by atoms with Crippen LogP contribution in [-0.2, 0) is 19.1 Å². The van der Waals surface area contributed by atoms with E-state index in [1.807, 2.05) is 0 Å². The minimum atomic E-state index is -0.433. The quantitative estimate of drug-likeness (QED) is 0.133. The number of esters is 2. The summed E-state index contributed by atoms with van der Waals surface area (Å²) in [5.74, 6) is 0.340. The van der Waals surface area contributed by atoms with E-state index < -0.39 is 11.9 Å². The number of carbonyl (C=O) groups is 2. The van der Waals surface area contributed by atoms with Crippen LogP contribution < -0.4 is 0 Å². The Morgan fingerprint density at radius 2 is 1.18 bits per heavy atom. The molecule has 2 aromatic heterocycles. The maximum atomic E-state index is 10.9. The molecule has 0 aliphatic rings. The molecule has 0 aliphatic carbocycles. The van der Waals surface area contributed by atoms with Crippen LogP contribution in [0.15, 0.2) is 42.7 Å². The Morgan fingerprint density at radius 3 is 1.57 bits per heavy atom. The lowest BCUT2D eigenvalue weighted by Crippen LogP contribution is -2.03. The molecule has 0 saturated heterocycles. The highest BCUT2D eigenvalue weighted by Gasteiger charge is 2.11. The van der Waals surface area contributed by atoms with Crippen LogP contribution in [0.1, 0.15) is 0 Å². The molecule has 2 aromatic rings. The maximum Gasteiger partial charge on any atom is 0.330 e. The normalized spacial score (nSPS) is 10.4. The molecule has 150 valence electrons.